The number of hydrogen-bond donors (Lipinski definition) is 1. The lowest BCUT2D eigenvalue weighted by Crippen LogP contribution is -2.32. The Bertz CT molecular complexity index is 131. The minimum atomic E-state index is -2.61. The van der Waals surface area contributed by atoms with Gasteiger partial charge in [-0.05, 0) is 6.42 Å². The van der Waals surface area contributed by atoms with Crippen molar-refractivity contribution in [3.05, 3.63) is 0 Å². The van der Waals surface area contributed by atoms with E-state index in [9.17, 15) is 13.9 Å². The molecule has 0 saturated heterocycles. The van der Waals surface area contributed by atoms with E-state index in [1.807, 2.05) is 13.8 Å². The van der Waals surface area contributed by atoms with Crippen molar-refractivity contribution < 1.29 is 13.9 Å². The molecule has 0 aromatic rings. The van der Waals surface area contributed by atoms with Crippen molar-refractivity contribution in [1.82, 2.24) is 0 Å². The first-order valence-corrected chi connectivity index (χ1v) is 5.85. The van der Waals surface area contributed by atoms with Gasteiger partial charge in [0.2, 0.25) is 0 Å². The highest BCUT2D eigenvalue weighted by molar-refractivity contribution is 14.1. The van der Waals surface area contributed by atoms with Crippen LogP contribution in [0.3, 0.4) is 0 Å². The summed E-state index contributed by atoms with van der Waals surface area (Å²) in [6.45, 7) is 3.89. The van der Waals surface area contributed by atoms with Gasteiger partial charge in [0.05, 0.1) is 0 Å². The van der Waals surface area contributed by atoms with Crippen LogP contribution in [0.1, 0.15) is 33.1 Å². The fourth-order valence-electron chi connectivity index (χ4n) is 1.30. The number of unbranched alkanes of at least 4 members (excludes halogenated alkanes) is 1. The van der Waals surface area contributed by atoms with Gasteiger partial charge < -0.3 is 5.11 Å². The second-order valence-electron chi connectivity index (χ2n) is 3.31. The molecule has 4 heteroatoms. The summed E-state index contributed by atoms with van der Waals surface area (Å²) in [6.07, 6.45) is -1.50. The van der Waals surface area contributed by atoms with Crippen molar-refractivity contribution in [2.24, 2.45) is 5.92 Å². The number of rotatable bonds is 6. The van der Waals surface area contributed by atoms with Gasteiger partial charge in [-0.25, -0.2) is 8.78 Å². The first-order valence-electron chi connectivity index (χ1n) is 4.61. The SMILES string of the molecule is CCCC[C@@H](C(C)I)[C@H](O)C(F)F. The molecule has 80 valence electrons. The molecule has 0 rings (SSSR count). The maximum Gasteiger partial charge on any atom is 0.264 e. The van der Waals surface area contributed by atoms with Crippen LogP contribution in [0.2, 0.25) is 0 Å². The van der Waals surface area contributed by atoms with Crippen molar-refractivity contribution in [2.45, 2.75) is 49.6 Å². The molecule has 0 saturated carbocycles. The Balaban J connectivity index is 4.07. The van der Waals surface area contributed by atoms with Crippen LogP contribution in [0.25, 0.3) is 0 Å². The van der Waals surface area contributed by atoms with Crippen LogP contribution in [-0.2, 0) is 0 Å². The van der Waals surface area contributed by atoms with E-state index in [0.717, 1.165) is 12.8 Å². The Kier molecular flexibility index (Phi) is 7.22. The molecule has 0 aliphatic heterocycles. The van der Waals surface area contributed by atoms with E-state index >= 15 is 0 Å². The summed E-state index contributed by atoms with van der Waals surface area (Å²) in [5.74, 6) is -0.277. The van der Waals surface area contributed by atoms with Crippen LogP contribution >= 0.6 is 22.6 Å². The summed E-state index contributed by atoms with van der Waals surface area (Å²) >= 11 is 2.10. The third-order valence-corrected chi connectivity index (χ3v) is 3.10. The number of halogens is 3. The van der Waals surface area contributed by atoms with Crippen LogP contribution in [0, 0.1) is 5.92 Å². The molecular formula is C9H17F2IO. The van der Waals surface area contributed by atoms with Crippen LogP contribution in [0.15, 0.2) is 0 Å². The molecule has 1 N–H and O–H groups in total. The quantitative estimate of drug-likeness (QED) is 0.590. The third-order valence-electron chi connectivity index (χ3n) is 2.18. The zero-order valence-electron chi connectivity index (χ0n) is 8.01. The van der Waals surface area contributed by atoms with Crippen LogP contribution < -0.4 is 0 Å². The van der Waals surface area contributed by atoms with Gasteiger partial charge in [0, 0.05) is 9.84 Å². The lowest BCUT2D eigenvalue weighted by molar-refractivity contribution is -0.0395. The second-order valence-corrected chi connectivity index (χ2v) is 5.27. The molecule has 0 aliphatic rings. The molecular weight excluding hydrogens is 289 g/mol. The van der Waals surface area contributed by atoms with Gasteiger partial charge in [-0.1, -0.05) is 49.3 Å². The molecule has 0 amide bonds. The number of aliphatic hydroxyl groups is 1. The average molecular weight is 306 g/mol. The third kappa shape index (κ3) is 5.10. The van der Waals surface area contributed by atoms with E-state index in [2.05, 4.69) is 22.6 Å². The second kappa shape index (κ2) is 6.92. The van der Waals surface area contributed by atoms with E-state index in [-0.39, 0.29) is 9.84 Å². The number of hydrogen-bond acceptors (Lipinski definition) is 1. The van der Waals surface area contributed by atoms with E-state index in [1.165, 1.54) is 0 Å². The summed E-state index contributed by atoms with van der Waals surface area (Å²) in [6, 6.07) is 0. The van der Waals surface area contributed by atoms with Gasteiger partial charge >= 0.3 is 0 Å². The Labute approximate surface area is 92.0 Å². The highest BCUT2D eigenvalue weighted by Crippen LogP contribution is 2.26. The molecule has 0 aliphatic carbocycles. The van der Waals surface area contributed by atoms with E-state index in [0.29, 0.717) is 6.42 Å². The van der Waals surface area contributed by atoms with Gasteiger partial charge in [0.15, 0.2) is 0 Å². The normalized spacial score (nSPS) is 18.7. The standard InChI is InChI=1S/C9H17F2IO/c1-3-4-5-7(6(2)12)8(13)9(10)11/h6-9,13H,3-5H2,1-2H3/t6?,7-,8-/m0/s1. The Hall–Kier alpha value is 0.550. The predicted molar refractivity (Wildman–Crippen MR) is 58.5 cm³/mol. The molecule has 0 heterocycles. The molecule has 0 spiro atoms. The Morgan fingerprint density at radius 1 is 1.38 bits per heavy atom. The summed E-state index contributed by atoms with van der Waals surface area (Å²) in [7, 11) is 0. The zero-order chi connectivity index (χ0) is 10.4. The van der Waals surface area contributed by atoms with Crippen LogP contribution in [0.4, 0.5) is 8.78 Å². The lowest BCUT2D eigenvalue weighted by Gasteiger charge is -2.24. The van der Waals surface area contributed by atoms with Gasteiger partial charge in [-0.15, -0.1) is 0 Å². The van der Waals surface area contributed by atoms with Crippen molar-refractivity contribution >= 4 is 22.6 Å². The highest BCUT2D eigenvalue weighted by Gasteiger charge is 2.29. The number of alkyl halides is 3. The van der Waals surface area contributed by atoms with Crippen molar-refractivity contribution in [3.8, 4) is 0 Å². The average Bonchev–Trinajstić information content (AvgIpc) is 2.04. The predicted octanol–water partition coefficient (Wildman–Crippen LogP) is 3.24. The largest absolute Gasteiger partial charge is 0.387 e. The molecule has 3 atom stereocenters. The van der Waals surface area contributed by atoms with Gasteiger partial charge in [0.25, 0.3) is 6.43 Å². The first-order chi connectivity index (χ1) is 6.00. The Morgan fingerprint density at radius 2 is 1.92 bits per heavy atom. The molecule has 0 aromatic carbocycles. The van der Waals surface area contributed by atoms with E-state index in [4.69, 9.17) is 0 Å². The summed E-state index contributed by atoms with van der Waals surface area (Å²) < 4.78 is 24.5. The monoisotopic (exact) mass is 306 g/mol. The Morgan fingerprint density at radius 3 is 2.23 bits per heavy atom. The molecule has 1 unspecified atom stereocenters. The zero-order valence-corrected chi connectivity index (χ0v) is 10.2. The maximum absolute atomic E-state index is 12.2. The molecule has 0 radical (unpaired) electrons. The van der Waals surface area contributed by atoms with Gasteiger partial charge in [-0.2, -0.15) is 0 Å². The summed E-state index contributed by atoms with van der Waals surface area (Å²) in [4.78, 5) is 0. The molecule has 0 bridgehead atoms. The summed E-state index contributed by atoms with van der Waals surface area (Å²) in [5, 5.41) is 9.23. The molecule has 0 fully saturated rings. The molecule has 13 heavy (non-hydrogen) atoms. The van der Waals surface area contributed by atoms with Gasteiger partial charge in [0.1, 0.15) is 6.10 Å². The first kappa shape index (κ1) is 13.5. The minimum Gasteiger partial charge on any atom is -0.387 e. The fraction of sp³-hybridized carbons (Fsp3) is 1.00. The smallest absolute Gasteiger partial charge is 0.264 e. The van der Waals surface area contributed by atoms with Crippen molar-refractivity contribution in [2.75, 3.05) is 0 Å². The lowest BCUT2D eigenvalue weighted by atomic mass is 9.93. The maximum atomic E-state index is 12.2. The van der Waals surface area contributed by atoms with Crippen LogP contribution in [-0.4, -0.2) is 21.6 Å². The van der Waals surface area contributed by atoms with E-state index in [1.54, 1.807) is 0 Å². The molecule has 1 nitrogen and oxygen atoms in total. The topological polar surface area (TPSA) is 20.2 Å². The van der Waals surface area contributed by atoms with Crippen LogP contribution in [0.5, 0.6) is 0 Å². The highest BCUT2D eigenvalue weighted by atomic mass is 127. The van der Waals surface area contributed by atoms with Crippen molar-refractivity contribution in [1.29, 1.82) is 0 Å². The minimum absolute atomic E-state index is 0.0909. The van der Waals surface area contributed by atoms with Gasteiger partial charge in [-0.3, -0.25) is 0 Å². The number of aliphatic hydroxyl groups excluding tert-OH is 1. The van der Waals surface area contributed by atoms with Crippen molar-refractivity contribution in [3.63, 3.8) is 0 Å². The fourth-order valence-corrected chi connectivity index (χ4v) is 2.08. The van der Waals surface area contributed by atoms with E-state index < -0.39 is 12.5 Å². The summed E-state index contributed by atoms with van der Waals surface area (Å²) in [5.41, 5.74) is 0. The molecule has 0 aromatic heterocycles.